The molecular weight excluding hydrogens is 801 g/mol. The van der Waals surface area contributed by atoms with Crippen LogP contribution in [0, 0.1) is 0 Å². The van der Waals surface area contributed by atoms with Crippen LogP contribution < -0.4 is 0 Å². The zero-order chi connectivity index (χ0) is 0. The number of rotatable bonds is 0. The number of hydrogen-bond acceptors (Lipinski definition) is 0. The van der Waals surface area contributed by atoms with Crippen LogP contribution in [0.15, 0.2) is 0 Å². The first kappa shape index (κ1) is 60.9. The van der Waals surface area contributed by atoms with Crippen molar-refractivity contribution >= 4 is 52.0 Å². The SMILES string of the molecule is [Au].[Bi].[Co].[Fe].[In].[Ni].[Pd]. The maximum Gasteiger partial charge on any atom is 0 e. The van der Waals surface area contributed by atoms with Crippen LogP contribution in [-0.2, 0) is 93.1 Å². The molecule has 0 N–H and O–H groups in total. The second kappa shape index (κ2) is 45.7. The van der Waals surface area contributed by atoms with Crippen molar-refractivity contribution in [1.29, 1.82) is 0 Å². The Balaban J connectivity index is 0. The molecule has 0 aliphatic carbocycles. The number of hydrogen-bond donors (Lipinski definition) is 0. The van der Waals surface area contributed by atoms with E-state index in [2.05, 4.69) is 0 Å². The van der Waals surface area contributed by atoms with Gasteiger partial charge in [0.05, 0.1) is 0 Å². The van der Waals surface area contributed by atoms with Gasteiger partial charge in [-0.3, -0.25) is 0 Å². The molecule has 0 nitrogen and oxygen atoms in total. The van der Waals surface area contributed by atoms with Crippen LogP contribution in [0.2, 0.25) is 0 Å². The Labute approximate surface area is 142 Å². The van der Waals surface area contributed by atoms with E-state index in [0.29, 0.717) is 0 Å². The van der Waals surface area contributed by atoms with E-state index >= 15 is 0 Å². The molecule has 0 saturated heterocycles. The summed E-state index contributed by atoms with van der Waals surface area (Å²) in [7, 11) is 0. The van der Waals surface area contributed by atoms with Crippen LogP contribution in [0.25, 0.3) is 0 Å². The Morgan fingerprint density at radius 2 is 1.00 bits per heavy atom. The largest absolute Gasteiger partial charge is 0 e. The van der Waals surface area contributed by atoms with Gasteiger partial charge in [0.1, 0.15) is 0 Å². The van der Waals surface area contributed by atoms with E-state index in [1.807, 2.05) is 0 Å². The summed E-state index contributed by atoms with van der Waals surface area (Å²) in [6.45, 7) is 0. The minimum absolute atomic E-state index is 0. The molecule has 0 aromatic carbocycles. The first-order chi connectivity index (χ1) is 0. The molecule has 0 heterocycles. The van der Waals surface area contributed by atoms with Crippen molar-refractivity contribution in [1.82, 2.24) is 0 Å². The van der Waals surface area contributed by atoms with E-state index in [4.69, 9.17) is 0 Å². The predicted molar refractivity (Wildman–Crippen MR) is 11.5 cm³/mol. The van der Waals surface area contributed by atoms with Crippen LogP contribution in [0.3, 0.4) is 0 Å². The van der Waals surface area contributed by atoms with Crippen molar-refractivity contribution in [3.05, 3.63) is 0 Å². The van der Waals surface area contributed by atoms with Gasteiger partial charge in [0.2, 0.25) is 0 Å². The van der Waals surface area contributed by atoms with Gasteiger partial charge >= 0.3 is 0 Å². The van der Waals surface area contributed by atoms with Crippen molar-refractivity contribution in [3.63, 3.8) is 0 Å². The van der Waals surface area contributed by atoms with Crippen LogP contribution >= 0.6 is 0 Å². The molecule has 0 rings (SSSR count). The maximum absolute atomic E-state index is 0. The van der Waals surface area contributed by atoms with Gasteiger partial charge in [-0.05, 0) is 0 Å². The average Bonchev–Trinajstić information content (AvgIpc) is 0. The summed E-state index contributed by atoms with van der Waals surface area (Å²) >= 11 is 0. The fourth-order valence-electron chi connectivity index (χ4n) is 0. The third kappa shape index (κ3) is 36.8. The van der Waals surface area contributed by atoms with Crippen molar-refractivity contribution in [2.45, 2.75) is 0 Å². The van der Waals surface area contributed by atoms with Crippen molar-refractivity contribution in [2.75, 3.05) is 0 Å². The molecule has 56 valence electrons. The Hall–Kier alpha value is 4.68. The Bertz CT molecular complexity index is 19.7. The van der Waals surface area contributed by atoms with E-state index < -0.39 is 0 Å². The van der Waals surface area contributed by atoms with Crippen LogP contribution in [0.1, 0.15) is 0 Å². The molecule has 7 heteroatoms. The van der Waals surface area contributed by atoms with Gasteiger partial charge in [0.25, 0.3) is 0 Å². The molecule has 0 atom stereocenters. The molecule has 0 aliphatic heterocycles. The third-order valence-electron chi connectivity index (χ3n) is 0. The van der Waals surface area contributed by atoms with Crippen molar-refractivity contribution in [2.24, 2.45) is 0 Å². The van der Waals surface area contributed by atoms with E-state index in [1.54, 1.807) is 0 Å². The normalized spacial score (nSPS) is 0. The first-order valence-corrected chi connectivity index (χ1v) is 0. The van der Waals surface area contributed by atoms with Crippen molar-refractivity contribution < 1.29 is 93.1 Å². The van der Waals surface area contributed by atoms with Gasteiger partial charge in [0.15, 0.2) is 0 Å². The summed E-state index contributed by atoms with van der Waals surface area (Å²) in [4.78, 5) is 0. The Morgan fingerprint density at radius 1 is 1.00 bits per heavy atom. The van der Waals surface area contributed by atoms with Gasteiger partial charge in [0, 0.05) is 145 Å². The summed E-state index contributed by atoms with van der Waals surface area (Å²) in [6, 6.07) is 0. The second-order valence-electron chi connectivity index (χ2n) is 0. The zero-order valence-corrected chi connectivity index (χ0v) is 16.3. The monoisotopic (exact) mass is 800 g/mol. The molecular formula is AuBiCoFeInNiPd. The first-order valence-electron chi connectivity index (χ1n) is 0. The van der Waals surface area contributed by atoms with Gasteiger partial charge < -0.3 is 0 Å². The van der Waals surface area contributed by atoms with Gasteiger partial charge in [-0.15, -0.1) is 0 Å². The molecule has 7 heavy (non-hydrogen) atoms. The third-order valence-corrected chi connectivity index (χ3v) is 0. The van der Waals surface area contributed by atoms with Crippen LogP contribution in [0.5, 0.6) is 0 Å². The second-order valence-corrected chi connectivity index (χ2v) is 0. The molecule has 0 aromatic rings. The van der Waals surface area contributed by atoms with Crippen LogP contribution in [-0.4, -0.2) is 52.0 Å². The molecule has 0 saturated carbocycles. The van der Waals surface area contributed by atoms with Gasteiger partial charge in [-0.25, -0.2) is 0 Å². The minimum atomic E-state index is 0. The smallest absolute Gasteiger partial charge is 0 e. The van der Waals surface area contributed by atoms with E-state index in [0.717, 1.165) is 0 Å². The topological polar surface area (TPSA) is 0 Å². The summed E-state index contributed by atoms with van der Waals surface area (Å²) in [5, 5.41) is 0. The standard InChI is InChI=1S/Au.Bi.Co.Fe.In.Ni.Pd. The Morgan fingerprint density at radius 3 is 1.00 bits per heavy atom. The molecule has 0 aromatic heterocycles. The zero-order valence-electron chi connectivity index (χ0n) is 2.65. The molecule has 0 amide bonds. The molecule has 8 radical (unpaired) electrons. The minimum Gasteiger partial charge on any atom is 0 e. The maximum atomic E-state index is 0. The summed E-state index contributed by atoms with van der Waals surface area (Å²) in [5.41, 5.74) is 0. The van der Waals surface area contributed by atoms with Gasteiger partial charge in [-0.1, -0.05) is 0 Å². The fourth-order valence-corrected chi connectivity index (χ4v) is 0. The Kier molecular flexibility index (Phi) is 398. The van der Waals surface area contributed by atoms with E-state index in [1.165, 1.54) is 0 Å². The summed E-state index contributed by atoms with van der Waals surface area (Å²) in [6.07, 6.45) is 0. The summed E-state index contributed by atoms with van der Waals surface area (Å²) < 4.78 is 0. The van der Waals surface area contributed by atoms with Crippen molar-refractivity contribution in [3.8, 4) is 0 Å². The molecule has 0 aliphatic rings. The summed E-state index contributed by atoms with van der Waals surface area (Å²) in [5.74, 6) is 0. The van der Waals surface area contributed by atoms with Gasteiger partial charge in [-0.2, -0.15) is 0 Å². The average molecular weight is 801 g/mol. The molecule has 0 unspecified atom stereocenters. The van der Waals surface area contributed by atoms with E-state index in [-0.39, 0.29) is 145 Å². The molecule has 0 spiro atoms. The molecule has 0 bridgehead atoms. The quantitative estimate of drug-likeness (QED) is 0.283. The fraction of sp³-hybridized carbons (Fsp3) is 0. The predicted octanol–water partition coefficient (Wildman–Crippen LogP) is -0.774. The van der Waals surface area contributed by atoms with E-state index in [9.17, 15) is 0 Å². The van der Waals surface area contributed by atoms with Crippen LogP contribution in [0.4, 0.5) is 0 Å². The molecule has 0 fully saturated rings.